The molecule has 0 aliphatic heterocycles. The van der Waals surface area contributed by atoms with Gasteiger partial charge in [-0.15, -0.1) is 0 Å². The molecule has 2 aliphatic rings. The van der Waals surface area contributed by atoms with Gasteiger partial charge in [0, 0.05) is 16.7 Å². The van der Waals surface area contributed by atoms with Crippen LogP contribution in [0.15, 0.2) is 224 Å². The largest absolute Gasteiger partial charge is 0.208 e. The first kappa shape index (κ1) is 35.5. The maximum atomic E-state index is 5.14. The Labute approximate surface area is 365 Å². The molecule has 13 rings (SSSR count). The van der Waals surface area contributed by atoms with E-state index in [0.717, 1.165) is 38.6 Å². The molecule has 0 radical (unpaired) electrons. The maximum absolute atomic E-state index is 5.14. The van der Waals surface area contributed by atoms with Gasteiger partial charge >= 0.3 is 0 Å². The first-order chi connectivity index (χ1) is 31.2. The normalized spacial score (nSPS) is 12.9. The highest BCUT2D eigenvalue weighted by molar-refractivity contribution is 6.00. The second kappa shape index (κ2) is 13.9. The van der Waals surface area contributed by atoms with Gasteiger partial charge in [-0.1, -0.05) is 206 Å². The SMILES string of the molecule is c1cc(-c2ccc(-c3cccc4c3-c3ccccc3C43c4ccccc4-c4ccccc43)cc2)cc(-c2nc(-c3ccc4ccccc4c3)nc(-c3ccc4ccccc4c3)n2)c1. The lowest BCUT2D eigenvalue weighted by Gasteiger charge is -2.30. The maximum Gasteiger partial charge on any atom is 0.164 e. The van der Waals surface area contributed by atoms with Crippen LogP contribution in [0.1, 0.15) is 22.3 Å². The lowest BCUT2D eigenvalue weighted by molar-refractivity contribution is 0.794. The third kappa shape index (κ3) is 5.43. The van der Waals surface area contributed by atoms with Crippen molar-refractivity contribution in [3.05, 3.63) is 247 Å². The van der Waals surface area contributed by atoms with E-state index in [0.29, 0.717) is 17.5 Å². The van der Waals surface area contributed by atoms with Crippen LogP contribution >= 0.6 is 0 Å². The third-order valence-corrected chi connectivity index (χ3v) is 13.3. The Morgan fingerprint density at radius 2 is 0.635 bits per heavy atom. The summed E-state index contributed by atoms with van der Waals surface area (Å²) in [5.74, 6) is 1.93. The van der Waals surface area contributed by atoms with E-state index in [1.54, 1.807) is 0 Å². The summed E-state index contributed by atoms with van der Waals surface area (Å²) in [5, 5.41) is 4.65. The molecule has 1 spiro atoms. The van der Waals surface area contributed by atoms with Crippen LogP contribution in [0.5, 0.6) is 0 Å². The molecule has 3 heteroatoms. The summed E-state index contributed by atoms with van der Waals surface area (Å²) >= 11 is 0. The van der Waals surface area contributed by atoms with Crippen LogP contribution in [-0.4, -0.2) is 15.0 Å². The number of benzene rings is 10. The second-order valence-corrected chi connectivity index (χ2v) is 16.7. The van der Waals surface area contributed by atoms with Gasteiger partial charge in [-0.3, -0.25) is 0 Å². The zero-order valence-electron chi connectivity index (χ0n) is 34.2. The van der Waals surface area contributed by atoms with Crippen molar-refractivity contribution < 1.29 is 0 Å². The molecule has 1 aromatic heterocycles. The smallest absolute Gasteiger partial charge is 0.164 e. The Hall–Kier alpha value is -8.27. The van der Waals surface area contributed by atoms with E-state index >= 15 is 0 Å². The Bertz CT molecular complexity index is 3500. The highest BCUT2D eigenvalue weighted by Crippen LogP contribution is 2.63. The topological polar surface area (TPSA) is 38.7 Å². The Morgan fingerprint density at radius 3 is 1.22 bits per heavy atom. The first-order valence-electron chi connectivity index (χ1n) is 21.6. The fraction of sp³-hybridized carbons (Fsp3) is 0.0167. The number of aromatic nitrogens is 3. The minimum absolute atomic E-state index is 0.368. The van der Waals surface area contributed by atoms with Gasteiger partial charge in [0.05, 0.1) is 5.41 Å². The molecule has 0 unspecified atom stereocenters. The number of nitrogens with zero attached hydrogens (tertiary/aromatic N) is 3. The second-order valence-electron chi connectivity index (χ2n) is 16.7. The van der Waals surface area contributed by atoms with E-state index in [1.165, 1.54) is 66.4 Å². The average molecular weight is 800 g/mol. The van der Waals surface area contributed by atoms with E-state index in [2.05, 4.69) is 224 Å². The number of hydrogen-bond donors (Lipinski definition) is 0. The Kier molecular flexibility index (Phi) is 7.82. The molecule has 1 heterocycles. The standard InChI is InChI=1S/C60H37N3/c1-3-15-42-36-46(33-29-38(42)13-1)58-61-57(62-59(63-58)47-34-30-39-14-2-4-16-43(39)37-47)45-18-11-17-44(35-45)40-27-31-41(32-28-40)48-22-12-26-55-56(48)51-21-7-10-25-54(51)60(55)52-23-8-5-19-49(52)50-20-6-9-24-53(50)60/h1-37H. The molecule has 2 aliphatic carbocycles. The fourth-order valence-electron chi connectivity index (χ4n) is 10.5. The first-order valence-corrected chi connectivity index (χ1v) is 21.6. The van der Waals surface area contributed by atoms with Gasteiger partial charge in [-0.25, -0.2) is 15.0 Å². The van der Waals surface area contributed by atoms with Crippen molar-refractivity contribution in [2.24, 2.45) is 0 Å². The fourth-order valence-corrected chi connectivity index (χ4v) is 10.5. The predicted molar refractivity (Wildman–Crippen MR) is 258 cm³/mol. The third-order valence-electron chi connectivity index (χ3n) is 13.3. The minimum atomic E-state index is -0.368. The summed E-state index contributed by atoms with van der Waals surface area (Å²) in [6.07, 6.45) is 0. The monoisotopic (exact) mass is 799 g/mol. The molecule has 0 bridgehead atoms. The molecule has 292 valence electrons. The zero-order chi connectivity index (χ0) is 41.5. The van der Waals surface area contributed by atoms with E-state index in [-0.39, 0.29) is 5.41 Å². The van der Waals surface area contributed by atoms with Crippen LogP contribution in [0.25, 0.3) is 100 Å². The van der Waals surface area contributed by atoms with Gasteiger partial charge in [0.1, 0.15) is 0 Å². The predicted octanol–water partition coefficient (Wildman–Crippen LogP) is 14.9. The van der Waals surface area contributed by atoms with Gasteiger partial charge in [0.15, 0.2) is 17.5 Å². The number of fused-ring (bicyclic) bond motifs is 12. The summed E-state index contributed by atoms with van der Waals surface area (Å²) in [4.78, 5) is 15.4. The molecular formula is C60H37N3. The minimum Gasteiger partial charge on any atom is -0.208 e. The summed E-state index contributed by atoms with van der Waals surface area (Å²) < 4.78 is 0. The number of hydrogen-bond acceptors (Lipinski definition) is 3. The molecule has 0 atom stereocenters. The van der Waals surface area contributed by atoms with Crippen LogP contribution in [0.2, 0.25) is 0 Å². The molecule has 10 aromatic carbocycles. The molecule has 0 N–H and O–H groups in total. The van der Waals surface area contributed by atoms with Crippen molar-refractivity contribution in [3.63, 3.8) is 0 Å². The van der Waals surface area contributed by atoms with Gasteiger partial charge in [-0.05, 0) is 107 Å². The van der Waals surface area contributed by atoms with Gasteiger partial charge in [0.25, 0.3) is 0 Å². The van der Waals surface area contributed by atoms with Crippen molar-refractivity contribution in [3.8, 4) is 78.7 Å². The molecule has 0 amide bonds. The molecule has 0 saturated carbocycles. The summed E-state index contributed by atoms with van der Waals surface area (Å²) in [7, 11) is 0. The lowest BCUT2D eigenvalue weighted by Crippen LogP contribution is -2.25. The van der Waals surface area contributed by atoms with Gasteiger partial charge in [-0.2, -0.15) is 0 Å². The van der Waals surface area contributed by atoms with Gasteiger partial charge in [0.2, 0.25) is 0 Å². The summed E-state index contributed by atoms with van der Waals surface area (Å²) in [5.41, 5.74) is 17.8. The molecule has 3 nitrogen and oxygen atoms in total. The highest BCUT2D eigenvalue weighted by Gasteiger charge is 2.51. The number of rotatable bonds is 5. The van der Waals surface area contributed by atoms with E-state index < -0.39 is 0 Å². The van der Waals surface area contributed by atoms with E-state index in [1.807, 2.05) is 0 Å². The van der Waals surface area contributed by atoms with E-state index in [9.17, 15) is 0 Å². The van der Waals surface area contributed by atoms with Crippen LogP contribution in [0, 0.1) is 0 Å². The van der Waals surface area contributed by atoms with Crippen LogP contribution in [0.3, 0.4) is 0 Å². The Morgan fingerprint density at radius 1 is 0.238 bits per heavy atom. The molecule has 11 aromatic rings. The van der Waals surface area contributed by atoms with Crippen LogP contribution < -0.4 is 0 Å². The van der Waals surface area contributed by atoms with Crippen molar-refractivity contribution in [1.82, 2.24) is 15.0 Å². The quantitative estimate of drug-likeness (QED) is 0.174. The lowest BCUT2D eigenvalue weighted by atomic mass is 9.70. The molecule has 63 heavy (non-hydrogen) atoms. The molecule has 0 saturated heterocycles. The summed E-state index contributed by atoms with van der Waals surface area (Å²) in [6.45, 7) is 0. The van der Waals surface area contributed by atoms with Crippen molar-refractivity contribution in [2.45, 2.75) is 5.41 Å². The van der Waals surface area contributed by atoms with E-state index in [4.69, 9.17) is 15.0 Å². The van der Waals surface area contributed by atoms with Crippen molar-refractivity contribution >= 4 is 21.5 Å². The highest BCUT2D eigenvalue weighted by atomic mass is 15.0. The zero-order valence-corrected chi connectivity index (χ0v) is 34.2. The van der Waals surface area contributed by atoms with Gasteiger partial charge < -0.3 is 0 Å². The molecular weight excluding hydrogens is 763 g/mol. The average Bonchev–Trinajstić information content (AvgIpc) is 3.84. The Balaban J connectivity index is 0.905. The molecule has 0 fully saturated rings. The van der Waals surface area contributed by atoms with Crippen LogP contribution in [-0.2, 0) is 5.41 Å². The summed E-state index contributed by atoms with van der Waals surface area (Å²) in [6, 6.07) is 81.2. The van der Waals surface area contributed by atoms with Crippen molar-refractivity contribution in [2.75, 3.05) is 0 Å². The van der Waals surface area contributed by atoms with Crippen LogP contribution in [0.4, 0.5) is 0 Å². The van der Waals surface area contributed by atoms with Crippen molar-refractivity contribution in [1.29, 1.82) is 0 Å².